The predicted octanol–water partition coefficient (Wildman–Crippen LogP) is 1.18. The summed E-state index contributed by atoms with van der Waals surface area (Å²) in [7, 11) is 3.29. The Hall–Kier alpha value is -1.29. The second-order valence-corrected chi connectivity index (χ2v) is 2.63. The Morgan fingerprint density at radius 3 is 2.23 bits per heavy atom. The molecule has 13 heavy (non-hydrogen) atoms. The molecule has 0 bridgehead atoms. The van der Waals surface area contributed by atoms with Crippen molar-refractivity contribution in [3.63, 3.8) is 0 Å². The number of hydrazine groups is 1. The lowest BCUT2D eigenvalue weighted by Gasteiger charge is -2.14. The fourth-order valence-electron chi connectivity index (χ4n) is 0.787. The molecule has 0 aliphatic carbocycles. The monoisotopic (exact) mass is 183 g/mol. The van der Waals surface area contributed by atoms with Crippen LogP contribution in [0.5, 0.6) is 0 Å². The van der Waals surface area contributed by atoms with Crippen LogP contribution in [0.15, 0.2) is 23.6 Å². The van der Waals surface area contributed by atoms with Gasteiger partial charge in [-0.15, -0.1) is 0 Å². The molecule has 0 rings (SSSR count). The number of ether oxygens (including phenoxy) is 1. The molecule has 4 nitrogen and oxygen atoms in total. The molecule has 0 amide bonds. The van der Waals surface area contributed by atoms with E-state index in [0.717, 1.165) is 5.57 Å². The van der Waals surface area contributed by atoms with Gasteiger partial charge in [0.15, 0.2) is 0 Å². The van der Waals surface area contributed by atoms with Crippen molar-refractivity contribution < 1.29 is 4.74 Å². The minimum Gasteiger partial charge on any atom is -0.495 e. The van der Waals surface area contributed by atoms with E-state index >= 15 is 0 Å². The SMILES string of the molecule is C=C(OC)/C(NNC)=C(\C)C(C)=N. The van der Waals surface area contributed by atoms with Gasteiger partial charge in [-0.25, -0.2) is 5.43 Å². The highest BCUT2D eigenvalue weighted by Crippen LogP contribution is 2.10. The average molecular weight is 183 g/mol. The topological polar surface area (TPSA) is 57.1 Å². The fourth-order valence-corrected chi connectivity index (χ4v) is 0.787. The molecular formula is C9H17N3O. The number of rotatable bonds is 5. The maximum atomic E-state index is 7.46. The van der Waals surface area contributed by atoms with Crippen LogP contribution in [0, 0.1) is 5.41 Å². The van der Waals surface area contributed by atoms with Crippen molar-refractivity contribution in [1.29, 1.82) is 5.41 Å². The molecule has 0 aliphatic rings. The van der Waals surface area contributed by atoms with Crippen molar-refractivity contribution in [3.8, 4) is 0 Å². The molecule has 0 aromatic heterocycles. The quantitative estimate of drug-likeness (QED) is 0.260. The van der Waals surface area contributed by atoms with Crippen LogP contribution in [-0.4, -0.2) is 19.9 Å². The highest BCUT2D eigenvalue weighted by Gasteiger charge is 2.07. The van der Waals surface area contributed by atoms with Gasteiger partial charge >= 0.3 is 0 Å². The molecule has 0 atom stereocenters. The number of hydrogen-bond acceptors (Lipinski definition) is 4. The molecule has 0 saturated carbocycles. The van der Waals surface area contributed by atoms with Crippen LogP contribution in [0.25, 0.3) is 0 Å². The summed E-state index contributed by atoms with van der Waals surface area (Å²) < 4.78 is 4.98. The third-order valence-corrected chi connectivity index (χ3v) is 1.71. The van der Waals surface area contributed by atoms with Gasteiger partial charge in [-0.2, -0.15) is 0 Å². The van der Waals surface area contributed by atoms with Crippen LogP contribution in [0.2, 0.25) is 0 Å². The minimum atomic E-state index is 0.482. The van der Waals surface area contributed by atoms with Gasteiger partial charge in [0.1, 0.15) is 5.76 Å². The summed E-state index contributed by atoms with van der Waals surface area (Å²) in [6.07, 6.45) is 0. The maximum absolute atomic E-state index is 7.46. The maximum Gasteiger partial charge on any atom is 0.136 e. The molecule has 74 valence electrons. The van der Waals surface area contributed by atoms with E-state index < -0.39 is 0 Å². The van der Waals surface area contributed by atoms with Gasteiger partial charge in [0, 0.05) is 12.8 Å². The van der Waals surface area contributed by atoms with Crippen molar-refractivity contribution in [2.45, 2.75) is 13.8 Å². The largest absolute Gasteiger partial charge is 0.495 e. The third-order valence-electron chi connectivity index (χ3n) is 1.71. The first-order valence-corrected chi connectivity index (χ1v) is 3.97. The van der Waals surface area contributed by atoms with Crippen molar-refractivity contribution >= 4 is 5.71 Å². The average Bonchev–Trinajstić information content (AvgIpc) is 2.11. The molecule has 3 N–H and O–H groups in total. The summed E-state index contributed by atoms with van der Waals surface area (Å²) in [5.41, 5.74) is 7.65. The van der Waals surface area contributed by atoms with Crippen molar-refractivity contribution in [1.82, 2.24) is 10.9 Å². The van der Waals surface area contributed by atoms with E-state index in [1.807, 2.05) is 6.92 Å². The number of hydrogen-bond donors (Lipinski definition) is 3. The van der Waals surface area contributed by atoms with Gasteiger partial charge in [-0.1, -0.05) is 6.58 Å². The van der Waals surface area contributed by atoms with Crippen LogP contribution in [0.3, 0.4) is 0 Å². The molecule has 0 heterocycles. The third kappa shape index (κ3) is 3.29. The molecule has 0 unspecified atom stereocenters. The second kappa shape index (κ2) is 5.37. The van der Waals surface area contributed by atoms with Gasteiger partial charge in [0.2, 0.25) is 0 Å². The Morgan fingerprint density at radius 1 is 1.38 bits per heavy atom. The van der Waals surface area contributed by atoms with E-state index in [0.29, 0.717) is 17.2 Å². The highest BCUT2D eigenvalue weighted by molar-refractivity contribution is 5.96. The van der Waals surface area contributed by atoms with Gasteiger partial charge in [0.25, 0.3) is 0 Å². The standard InChI is InChI=1S/C9H17N3O/c1-6(7(2)10)9(12-11-4)8(3)13-5/h10-12H,3H2,1-2,4-5H3/b9-6-,10-7?. The summed E-state index contributed by atoms with van der Waals surface area (Å²) in [5.74, 6) is 0.512. The Morgan fingerprint density at radius 2 is 1.92 bits per heavy atom. The molecule has 0 aromatic carbocycles. The summed E-state index contributed by atoms with van der Waals surface area (Å²) in [4.78, 5) is 0. The Bertz CT molecular complexity index is 243. The molecule has 0 radical (unpaired) electrons. The van der Waals surface area contributed by atoms with Crippen LogP contribution >= 0.6 is 0 Å². The summed E-state index contributed by atoms with van der Waals surface area (Å²) >= 11 is 0. The second-order valence-electron chi connectivity index (χ2n) is 2.63. The van der Waals surface area contributed by atoms with Gasteiger partial charge in [0.05, 0.1) is 12.8 Å². The summed E-state index contributed by atoms with van der Waals surface area (Å²) in [5, 5.41) is 7.46. The minimum absolute atomic E-state index is 0.482. The molecule has 0 aromatic rings. The normalized spacial score (nSPS) is 11.7. The first-order chi connectivity index (χ1) is 6.04. The zero-order chi connectivity index (χ0) is 10.4. The molecule has 0 fully saturated rings. The lowest BCUT2D eigenvalue weighted by molar-refractivity contribution is 0.295. The van der Waals surface area contributed by atoms with Gasteiger partial charge < -0.3 is 15.6 Å². The number of nitrogens with one attached hydrogen (secondary N) is 3. The number of allylic oxidation sites excluding steroid dienone is 1. The predicted molar refractivity (Wildman–Crippen MR) is 54.4 cm³/mol. The summed E-state index contributed by atoms with van der Waals surface area (Å²) in [6.45, 7) is 7.27. The van der Waals surface area contributed by atoms with Crippen LogP contribution < -0.4 is 10.9 Å². The van der Waals surface area contributed by atoms with Crippen LogP contribution in [0.4, 0.5) is 0 Å². The van der Waals surface area contributed by atoms with Gasteiger partial charge in [-0.3, -0.25) is 0 Å². The van der Waals surface area contributed by atoms with Crippen LogP contribution in [0.1, 0.15) is 13.8 Å². The van der Waals surface area contributed by atoms with E-state index in [2.05, 4.69) is 17.4 Å². The van der Waals surface area contributed by atoms with E-state index in [-0.39, 0.29) is 0 Å². The van der Waals surface area contributed by atoms with E-state index in [4.69, 9.17) is 10.1 Å². The van der Waals surface area contributed by atoms with Crippen molar-refractivity contribution in [3.05, 3.63) is 23.6 Å². The van der Waals surface area contributed by atoms with E-state index in [1.54, 1.807) is 21.1 Å². The highest BCUT2D eigenvalue weighted by atomic mass is 16.5. The lowest BCUT2D eigenvalue weighted by atomic mass is 10.1. The Labute approximate surface area is 79.1 Å². The molecule has 4 heteroatoms. The van der Waals surface area contributed by atoms with Crippen LogP contribution in [-0.2, 0) is 4.74 Å². The van der Waals surface area contributed by atoms with E-state index in [1.165, 1.54) is 0 Å². The van der Waals surface area contributed by atoms with Crippen molar-refractivity contribution in [2.24, 2.45) is 0 Å². The van der Waals surface area contributed by atoms with Gasteiger partial charge in [-0.05, 0) is 19.4 Å². The lowest BCUT2D eigenvalue weighted by Crippen LogP contribution is -2.29. The number of methoxy groups -OCH3 is 1. The Balaban J connectivity index is 4.87. The fraction of sp³-hybridized carbons (Fsp3) is 0.444. The Kier molecular flexibility index (Phi) is 4.84. The first-order valence-electron chi connectivity index (χ1n) is 3.97. The summed E-state index contributed by atoms with van der Waals surface area (Å²) in [6, 6.07) is 0. The molecule has 0 saturated heterocycles. The molecular weight excluding hydrogens is 166 g/mol. The zero-order valence-electron chi connectivity index (χ0n) is 8.62. The smallest absolute Gasteiger partial charge is 0.136 e. The first kappa shape index (κ1) is 11.7. The molecule has 0 spiro atoms. The molecule has 0 aliphatic heterocycles. The van der Waals surface area contributed by atoms with Crippen molar-refractivity contribution in [2.75, 3.05) is 14.2 Å². The van der Waals surface area contributed by atoms with E-state index in [9.17, 15) is 0 Å². The zero-order valence-corrected chi connectivity index (χ0v) is 8.62.